The summed E-state index contributed by atoms with van der Waals surface area (Å²) in [4.78, 5) is 16.7. The maximum Gasteiger partial charge on any atom is 0.275 e. The van der Waals surface area contributed by atoms with Crippen molar-refractivity contribution in [2.45, 2.75) is 53.5 Å². The third kappa shape index (κ3) is 5.06. The van der Waals surface area contributed by atoms with Gasteiger partial charge in [-0.3, -0.25) is 9.89 Å². The van der Waals surface area contributed by atoms with Crippen LogP contribution >= 0.6 is 23.2 Å². The molecule has 46 heavy (non-hydrogen) atoms. The number of H-pyrrole nitrogens is 1. The molecule has 0 aliphatic carbocycles. The van der Waals surface area contributed by atoms with Crippen LogP contribution in [0.25, 0.3) is 32.9 Å². The molecule has 9 heteroatoms. The van der Waals surface area contributed by atoms with E-state index in [2.05, 4.69) is 55.9 Å². The molecule has 0 atom stereocenters. The predicted octanol–water partition coefficient (Wildman–Crippen LogP) is 9.13. The van der Waals surface area contributed by atoms with E-state index in [-0.39, 0.29) is 5.91 Å². The van der Waals surface area contributed by atoms with E-state index in [1.807, 2.05) is 57.8 Å². The molecule has 0 bridgehead atoms. The normalized spacial score (nSPS) is 13.5. The van der Waals surface area contributed by atoms with Gasteiger partial charge in [-0.15, -0.1) is 0 Å². The van der Waals surface area contributed by atoms with Crippen LogP contribution in [-0.2, 0) is 20.0 Å². The summed E-state index contributed by atoms with van der Waals surface area (Å²) < 4.78 is 10.5. The van der Waals surface area contributed by atoms with Gasteiger partial charge in [-0.2, -0.15) is 5.10 Å². The van der Waals surface area contributed by atoms with E-state index in [1.54, 1.807) is 0 Å². The lowest BCUT2D eigenvalue weighted by molar-refractivity contribution is 0.0982. The number of hydrogen-bond acceptors (Lipinski definition) is 3. The van der Waals surface area contributed by atoms with E-state index in [0.717, 1.165) is 96.0 Å². The highest BCUT2D eigenvalue weighted by Gasteiger charge is 2.32. The topological polar surface area (TPSA) is 68.1 Å². The molecule has 4 heterocycles. The number of fused-ring (bicyclic) bond motifs is 4. The number of aromatic nitrogens is 4. The Balaban J connectivity index is 1.33. The Hall–Kier alpha value is -4.20. The molecule has 0 unspecified atom stereocenters. The number of nitrogens with zero attached hydrogens (tertiary/aromatic N) is 4. The van der Waals surface area contributed by atoms with Gasteiger partial charge in [-0.1, -0.05) is 35.3 Å². The first-order valence-electron chi connectivity index (χ1n) is 15.8. The Kier molecular flexibility index (Phi) is 7.86. The fourth-order valence-electron chi connectivity index (χ4n) is 7.08. The largest absolute Gasteiger partial charge is 0.494 e. The predicted molar refractivity (Wildman–Crippen MR) is 188 cm³/mol. The fourth-order valence-corrected chi connectivity index (χ4v) is 7.44. The molecule has 1 aliphatic rings. The summed E-state index contributed by atoms with van der Waals surface area (Å²) in [5.41, 5.74) is 10.5. The summed E-state index contributed by atoms with van der Waals surface area (Å²) in [6.07, 6.45) is 4.26. The Bertz CT molecular complexity index is 2110. The molecule has 3 aromatic heterocycles. The van der Waals surface area contributed by atoms with Crippen LogP contribution < -0.4 is 9.64 Å². The summed E-state index contributed by atoms with van der Waals surface area (Å²) in [6.45, 7) is 9.81. The van der Waals surface area contributed by atoms with Crippen LogP contribution in [0.3, 0.4) is 0 Å². The van der Waals surface area contributed by atoms with Gasteiger partial charge >= 0.3 is 0 Å². The van der Waals surface area contributed by atoms with Gasteiger partial charge in [0.1, 0.15) is 11.4 Å². The fraction of sp³-hybridized carbons (Fsp3) is 0.297. The van der Waals surface area contributed by atoms with Gasteiger partial charge in [0.25, 0.3) is 5.91 Å². The zero-order valence-electron chi connectivity index (χ0n) is 26.8. The second-order valence-corrected chi connectivity index (χ2v) is 13.2. The van der Waals surface area contributed by atoms with Gasteiger partial charge in [0.05, 0.1) is 22.8 Å². The second-order valence-electron chi connectivity index (χ2n) is 12.4. The van der Waals surface area contributed by atoms with Gasteiger partial charge < -0.3 is 18.8 Å². The molecule has 0 radical (unpaired) electrons. The number of hydrogen-bond donors (Lipinski definition) is 1. The maximum absolute atomic E-state index is 14.8. The Morgan fingerprint density at radius 1 is 0.957 bits per heavy atom. The van der Waals surface area contributed by atoms with Crippen LogP contribution in [0.5, 0.6) is 5.75 Å². The molecule has 236 valence electrons. The zero-order chi connectivity index (χ0) is 32.3. The first-order valence-corrected chi connectivity index (χ1v) is 16.5. The van der Waals surface area contributed by atoms with Crippen molar-refractivity contribution in [3.63, 3.8) is 0 Å². The molecule has 1 amide bonds. The molecule has 3 aromatic carbocycles. The zero-order valence-corrected chi connectivity index (χ0v) is 28.3. The quantitative estimate of drug-likeness (QED) is 0.175. The highest BCUT2D eigenvalue weighted by Crippen LogP contribution is 2.43. The van der Waals surface area contributed by atoms with Gasteiger partial charge in [0.2, 0.25) is 0 Å². The number of amides is 1. The maximum atomic E-state index is 14.8. The molecule has 0 saturated carbocycles. The van der Waals surface area contributed by atoms with Crippen molar-refractivity contribution in [2.24, 2.45) is 7.05 Å². The number of carbonyl (C=O) groups excluding carboxylic acids is 1. The van der Waals surface area contributed by atoms with Crippen molar-refractivity contribution >= 4 is 56.6 Å². The van der Waals surface area contributed by atoms with Crippen LogP contribution in [0.4, 0.5) is 5.69 Å². The van der Waals surface area contributed by atoms with E-state index in [9.17, 15) is 4.79 Å². The number of anilines is 1. The molecule has 6 aromatic rings. The third-order valence-electron chi connectivity index (χ3n) is 9.30. The minimum Gasteiger partial charge on any atom is -0.494 e. The van der Waals surface area contributed by atoms with Crippen molar-refractivity contribution in [3.8, 4) is 16.9 Å². The molecule has 0 saturated heterocycles. The van der Waals surface area contributed by atoms with E-state index in [0.29, 0.717) is 31.1 Å². The lowest BCUT2D eigenvalue weighted by Crippen LogP contribution is -2.31. The van der Waals surface area contributed by atoms with Crippen molar-refractivity contribution in [3.05, 3.63) is 98.5 Å². The van der Waals surface area contributed by atoms with Gasteiger partial charge in [-0.05, 0) is 105 Å². The van der Waals surface area contributed by atoms with Crippen LogP contribution in [0, 0.1) is 27.7 Å². The lowest BCUT2D eigenvalue weighted by Gasteiger charge is -2.21. The standard InChI is InChI=1S/C37H37Cl2N5O2/c1-21-18-27(19-22(2)34(21)39)46-17-6-8-28-29-11-12-30(38)33(32-23(3)40-41-24(32)4)35(29)44-15-7-14-43(37(45)36(28)44)26-10-9-25-13-16-42(5)31(25)20-26/h9-13,16,18-20H,6-8,14-15,17H2,1-5H3,(H,40,41). The highest BCUT2D eigenvalue weighted by atomic mass is 35.5. The van der Waals surface area contributed by atoms with Gasteiger partial charge in [0.15, 0.2) is 0 Å². The van der Waals surface area contributed by atoms with E-state index in [1.165, 1.54) is 0 Å². The monoisotopic (exact) mass is 653 g/mol. The van der Waals surface area contributed by atoms with Crippen LogP contribution in [0.1, 0.15) is 51.4 Å². The van der Waals surface area contributed by atoms with Crippen molar-refractivity contribution in [2.75, 3.05) is 18.1 Å². The van der Waals surface area contributed by atoms with Crippen LogP contribution in [0.15, 0.2) is 54.7 Å². The first kappa shape index (κ1) is 30.5. The molecular weight excluding hydrogens is 617 g/mol. The lowest BCUT2D eigenvalue weighted by atomic mass is 9.98. The summed E-state index contributed by atoms with van der Waals surface area (Å²) in [7, 11) is 2.03. The van der Waals surface area contributed by atoms with E-state index in [4.69, 9.17) is 27.9 Å². The summed E-state index contributed by atoms with van der Waals surface area (Å²) in [6, 6.07) is 16.4. The number of nitrogens with one attached hydrogen (secondary N) is 1. The Labute approximate surface area is 278 Å². The van der Waals surface area contributed by atoms with E-state index >= 15 is 0 Å². The summed E-state index contributed by atoms with van der Waals surface area (Å²) in [5.74, 6) is 0.808. The number of rotatable bonds is 7. The van der Waals surface area contributed by atoms with Crippen LogP contribution in [-0.4, -0.2) is 38.4 Å². The SMILES string of the molecule is Cc1cc(OCCCc2c3n(c4c(-c5c(C)n[nH]c5C)c(Cl)ccc24)CCCN(c2ccc4ccn(C)c4c2)C3=O)cc(C)c1Cl. The average molecular weight is 655 g/mol. The van der Waals surface area contributed by atoms with Crippen LogP contribution in [0.2, 0.25) is 10.0 Å². The van der Waals surface area contributed by atoms with Gasteiger partial charge in [0, 0.05) is 64.8 Å². The van der Waals surface area contributed by atoms with Gasteiger partial charge in [-0.25, -0.2) is 0 Å². The number of benzene rings is 3. The Morgan fingerprint density at radius 2 is 1.74 bits per heavy atom. The second kappa shape index (κ2) is 11.9. The van der Waals surface area contributed by atoms with E-state index < -0.39 is 0 Å². The molecule has 0 spiro atoms. The number of aryl methyl sites for hydroxylation is 7. The third-order valence-corrected chi connectivity index (χ3v) is 10.2. The number of aromatic amines is 1. The smallest absolute Gasteiger partial charge is 0.275 e. The average Bonchev–Trinajstić information content (AvgIpc) is 3.63. The molecule has 7 rings (SSSR count). The number of carbonyl (C=O) groups is 1. The molecule has 7 nitrogen and oxygen atoms in total. The highest BCUT2D eigenvalue weighted by molar-refractivity contribution is 6.35. The molecule has 1 aliphatic heterocycles. The van der Waals surface area contributed by atoms with Crippen molar-refractivity contribution in [1.29, 1.82) is 0 Å². The molecule has 0 fully saturated rings. The number of halogens is 2. The molecular formula is C37H37Cl2N5O2. The van der Waals surface area contributed by atoms with Crippen molar-refractivity contribution in [1.82, 2.24) is 19.3 Å². The molecule has 1 N–H and O–H groups in total. The minimum absolute atomic E-state index is 0.00448. The summed E-state index contributed by atoms with van der Waals surface area (Å²) >= 11 is 13.4. The number of ether oxygens (including phenoxy) is 1. The summed E-state index contributed by atoms with van der Waals surface area (Å²) in [5, 5.41) is 11.2. The minimum atomic E-state index is 0.00448. The Morgan fingerprint density at radius 3 is 2.48 bits per heavy atom. The first-order chi connectivity index (χ1) is 22.1. The van der Waals surface area contributed by atoms with Crippen molar-refractivity contribution < 1.29 is 9.53 Å².